The molecule has 0 radical (unpaired) electrons. The molecule has 21 heavy (non-hydrogen) atoms. The zero-order chi connectivity index (χ0) is 15.0. The molecule has 0 atom stereocenters. The highest BCUT2D eigenvalue weighted by Gasteiger charge is 2.12. The lowest BCUT2D eigenvalue weighted by Gasteiger charge is -2.10. The van der Waals surface area contributed by atoms with Gasteiger partial charge in [0.1, 0.15) is 5.82 Å². The van der Waals surface area contributed by atoms with Crippen molar-refractivity contribution in [2.24, 2.45) is 0 Å². The molecular formula is C18H16FNO. The van der Waals surface area contributed by atoms with Crippen LogP contribution in [0, 0.1) is 5.82 Å². The Morgan fingerprint density at radius 2 is 1.76 bits per heavy atom. The first-order valence-electron chi connectivity index (χ1n) is 6.98. The maximum atomic E-state index is 13.1. The molecule has 1 heterocycles. The number of pyridine rings is 1. The highest BCUT2D eigenvalue weighted by molar-refractivity contribution is 5.94. The van der Waals surface area contributed by atoms with Crippen LogP contribution in [0.2, 0.25) is 0 Å². The summed E-state index contributed by atoms with van der Waals surface area (Å²) in [4.78, 5) is 15.9. The van der Waals surface area contributed by atoms with E-state index in [1.54, 1.807) is 18.3 Å². The van der Waals surface area contributed by atoms with Gasteiger partial charge in [0.05, 0.1) is 5.39 Å². The molecule has 1 aromatic heterocycles. The number of aromatic amines is 1. The fourth-order valence-corrected chi connectivity index (χ4v) is 2.58. The first kappa shape index (κ1) is 13.6. The number of rotatable bonds is 2. The van der Waals surface area contributed by atoms with Gasteiger partial charge in [-0.05, 0) is 35.2 Å². The summed E-state index contributed by atoms with van der Waals surface area (Å²) >= 11 is 0. The van der Waals surface area contributed by atoms with Crippen molar-refractivity contribution in [2.75, 3.05) is 0 Å². The van der Waals surface area contributed by atoms with Crippen LogP contribution in [0.4, 0.5) is 4.39 Å². The van der Waals surface area contributed by atoms with Gasteiger partial charge in [-0.1, -0.05) is 38.1 Å². The number of hydrogen-bond donors (Lipinski definition) is 1. The van der Waals surface area contributed by atoms with Crippen molar-refractivity contribution in [2.45, 2.75) is 19.8 Å². The average molecular weight is 281 g/mol. The first-order valence-corrected chi connectivity index (χ1v) is 6.98. The second-order valence-corrected chi connectivity index (χ2v) is 5.46. The van der Waals surface area contributed by atoms with E-state index in [2.05, 4.69) is 4.98 Å². The van der Waals surface area contributed by atoms with Gasteiger partial charge in [0.2, 0.25) is 0 Å². The summed E-state index contributed by atoms with van der Waals surface area (Å²) < 4.78 is 13.1. The molecule has 0 aliphatic carbocycles. The Morgan fingerprint density at radius 3 is 2.43 bits per heavy atom. The molecule has 1 N–H and O–H groups in total. The molecule has 0 amide bonds. The lowest BCUT2D eigenvalue weighted by molar-refractivity contribution is 0.628. The zero-order valence-electron chi connectivity index (χ0n) is 12.0. The Labute approximate surface area is 122 Å². The predicted molar refractivity (Wildman–Crippen MR) is 84.1 cm³/mol. The molecule has 0 unspecified atom stereocenters. The van der Waals surface area contributed by atoms with E-state index in [0.717, 1.165) is 22.2 Å². The van der Waals surface area contributed by atoms with Crippen LogP contribution in [0.3, 0.4) is 0 Å². The maximum Gasteiger partial charge on any atom is 0.193 e. The third-order valence-electron chi connectivity index (χ3n) is 3.71. The molecule has 3 aromatic rings. The lowest BCUT2D eigenvalue weighted by Crippen LogP contribution is -2.12. The fourth-order valence-electron chi connectivity index (χ4n) is 2.58. The average Bonchev–Trinajstić information content (AvgIpc) is 2.47. The Morgan fingerprint density at radius 1 is 1.05 bits per heavy atom. The van der Waals surface area contributed by atoms with E-state index in [1.165, 1.54) is 12.1 Å². The Kier molecular flexibility index (Phi) is 3.34. The maximum absolute atomic E-state index is 13.1. The molecule has 0 fully saturated rings. The van der Waals surface area contributed by atoms with Crippen LogP contribution in [-0.2, 0) is 0 Å². The molecular weight excluding hydrogens is 265 g/mol. The largest absolute Gasteiger partial charge is 0.361 e. The van der Waals surface area contributed by atoms with E-state index < -0.39 is 0 Å². The Bertz CT molecular complexity index is 847. The van der Waals surface area contributed by atoms with E-state index in [0.29, 0.717) is 5.39 Å². The minimum absolute atomic E-state index is 0.0404. The van der Waals surface area contributed by atoms with E-state index >= 15 is 0 Å². The van der Waals surface area contributed by atoms with Crippen LogP contribution >= 0.6 is 0 Å². The van der Waals surface area contributed by atoms with E-state index in [9.17, 15) is 9.18 Å². The van der Waals surface area contributed by atoms with Crippen molar-refractivity contribution < 1.29 is 4.39 Å². The quantitative estimate of drug-likeness (QED) is 0.739. The molecule has 0 aliphatic heterocycles. The number of halogens is 1. The minimum atomic E-state index is -0.282. The van der Waals surface area contributed by atoms with Gasteiger partial charge in [-0.2, -0.15) is 0 Å². The van der Waals surface area contributed by atoms with Crippen LogP contribution in [0.25, 0.3) is 22.0 Å². The third kappa shape index (κ3) is 2.35. The predicted octanol–water partition coefficient (Wildman–Crippen LogP) is 4.46. The van der Waals surface area contributed by atoms with Gasteiger partial charge in [-0.15, -0.1) is 0 Å². The Hall–Kier alpha value is -2.42. The summed E-state index contributed by atoms with van der Waals surface area (Å²) in [7, 11) is 0. The lowest BCUT2D eigenvalue weighted by atomic mass is 9.96. The molecule has 3 heteroatoms. The molecule has 0 saturated carbocycles. The van der Waals surface area contributed by atoms with Gasteiger partial charge < -0.3 is 4.98 Å². The standard InChI is InChI=1S/C18H16FNO/c1-11(2)15-10-20-16-5-3-4-14(17(16)18(15)21)12-6-8-13(19)9-7-12/h3-11H,1-2H3,(H,20,21). The molecule has 106 valence electrons. The van der Waals surface area contributed by atoms with Crippen LogP contribution in [0.15, 0.2) is 53.5 Å². The normalized spacial score (nSPS) is 11.2. The molecule has 0 aliphatic rings. The highest BCUT2D eigenvalue weighted by atomic mass is 19.1. The van der Waals surface area contributed by atoms with Gasteiger partial charge in [-0.25, -0.2) is 4.39 Å². The molecule has 0 spiro atoms. The second kappa shape index (κ2) is 5.17. The summed E-state index contributed by atoms with van der Waals surface area (Å²) in [5, 5.41) is 0.662. The fraction of sp³-hybridized carbons (Fsp3) is 0.167. The number of hydrogen-bond acceptors (Lipinski definition) is 1. The summed E-state index contributed by atoms with van der Waals surface area (Å²) in [6, 6.07) is 11.9. The molecule has 2 nitrogen and oxygen atoms in total. The van der Waals surface area contributed by atoms with Crippen molar-refractivity contribution >= 4 is 10.9 Å². The van der Waals surface area contributed by atoms with Crippen molar-refractivity contribution in [1.29, 1.82) is 0 Å². The summed E-state index contributed by atoms with van der Waals surface area (Å²) in [6.07, 6.45) is 1.78. The van der Waals surface area contributed by atoms with Gasteiger partial charge >= 0.3 is 0 Å². The van der Waals surface area contributed by atoms with Crippen LogP contribution in [-0.4, -0.2) is 4.98 Å². The Balaban J connectivity index is 2.35. The van der Waals surface area contributed by atoms with Gasteiger partial charge in [-0.3, -0.25) is 4.79 Å². The highest BCUT2D eigenvalue weighted by Crippen LogP contribution is 2.26. The van der Waals surface area contributed by atoms with Gasteiger partial charge in [0, 0.05) is 17.3 Å². The van der Waals surface area contributed by atoms with Crippen LogP contribution < -0.4 is 5.43 Å². The van der Waals surface area contributed by atoms with E-state index in [1.807, 2.05) is 32.0 Å². The number of benzene rings is 2. The third-order valence-corrected chi connectivity index (χ3v) is 3.71. The van der Waals surface area contributed by atoms with Gasteiger partial charge in [0.15, 0.2) is 5.43 Å². The smallest absolute Gasteiger partial charge is 0.193 e. The molecule has 0 bridgehead atoms. The van der Waals surface area contributed by atoms with Crippen molar-refractivity contribution in [3.63, 3.8) is 0 Å². The first-order chi connectivity index (χ1) is 10.1. The van der Waals surface area contributed by atoms with Crippen molar-refractivity contribution in [1.82, 2.24) is 4.98 Å². The number of aromatic nitrogens is 1. The van der Waals surface area contributed by atoms with Gasteiger partial charge in [0.25, 0.3) is 0 Å². The summed E-state index contributed by atoms with van der Waals surface area (Å²) in [6.45, 7) is 3.99. The SMILES string of the molecule is CC(C)c1c[nH]c2cccc(-c3ccc(F)cc3)c2c1=O. The molecule has 3 rings (SSSR count). The molecule has 0 saturated heterocycles. The van der Waals surface area contributed by atoms with E-state index in [4.69, 9.17) is 0 Å². The van der Waals surface area contributed by atoms with Crippen LogP contribution in [0.1, 0.15) is 25.3 Å². The van der Waals surface area contributed by atoms with Crippen molar-refractivity contribution in [3.05, 3.63) is 70.3 Å². The summed E-state index contributed by atoms with van der Waals surface area (Å²) in [5.41, 5.74) is 3.27. The number of fused-ring (bicyclic) bond motifs is 1. The topological polar surface area (TPSA) is 32.9 Å². The second-order valence-electron chi connectivity index (χ2n) is 5.46. The van der Waals surface area contributed by atoms with Crippen LogP contribution in [0.5, 0.6) is 0 Å². The minimum Gasteiger partial charge on any atom is -0.361 e. The van der Waals surface area contributed by atoms with E-state index in [-0.39, 0.29) is 17.2 Å². The molecule has 2 aromatic carbocycles. The monoisotopic (exact) mass is 281 g/mol. The zero-order valence-corrected chi connectivity index (χ0v) is 12.0. The number of nitrogens with one attached hydrogen (secondary N) is 1. The van der Waals surface area contributed by atoms with Crippen molar-refractivity contribution in [3.8, 4) is 11.1 Å². The summed E-state index contributed by atoms with van der Waals surface area (Å²) in [5.74, 6) is -0.129. The number of H-pyrrole nitrogens is 1.